The van der Waals surface area contributed by atoms with E-state index in [1.165, 1.54) is 19.3 Å². The summed E-state index contributed by atoms with van der Waals surface area (Å²) in [5, 5.41) is 10.4. The molecule has 1 fully saturated rings. The fraction of sp³-hybridized carbons (Fsp3) is 0.412. The van der Waals surface area contributed by atoms with Crippen molar-refractivity contribution in [2.24, 2.45) is 7.05 Å². The first-order valence-corrected chi connectivity index (χ1v) is 8.78. The van der Waals surface area contributed by atoms with Crippen LogP contribution in [0.2, 0.25) is 0 Å². The highest BCUT2D eigenvalue weighted by Crippen LogP contribution is 2.28. The smallest absolute Gasteiger partial charge is 0.319 e. The molecule has 1 aromatic heterocycles. The van der Waals surface area contributed by atoms with Crippen LogP contribution in [-0.2, 0) is 7.05 Å². The number of nitrogens with zero attached hydrogens (tertiary/aromatic N) is 2. The first kappa shape index (κ1) is 16.1. The Labute approximate surface area is 144 Å². The molecule has 1 heterocycles. The second-order valence-electron chi connectivity index (χ2n) is 6.01. The maximum atomic E-state index is 12.1. The quantitative estimate of drug-likeness (QED) is 0.838. The van der Waals surface area contributed by atoms with Crippen LogP contribution in [0.5, 0.6) is 0 Å². The van der Waals surface area contributed by atoms with Crippen molar-refractivity contribution in [1.29, 1.82) is 0 Å². The number of aromatic nitrogens is 2. The summed E-state index contributed by atoms with van der Waals surface area (Å²) in [6, 6.07) is 7.91. The molecule has 0 unspecified atom stereocenters. The van der Waals surface area contributed by atoms with Gasteiger partial charge in [-0.2, -0.15) is 5.10 Å². The third-order valence-corrected chi connectivity index (χ3v) is 4.70. The van der Waals surface area contributed by atoms with Crippen LogP contribution in [0.3, 0.4) is 0 Å². The Balaban J connectivity index is 1.67. The number of carbonyl (C=O) groups excluding carboxylic acids is 1. The number of carbonyl (C=O) groups is 1. The molecule has 122 valence electrons. The van der Waals surface area contributed by atoms with Gasteiger partial charge in [0.15, 0.2) is 0 Å². The zero-order valence-corrected chi connectivity index (χ0v) is 14.8. The number of amides is 2. The molecule has 2 aromatic rings. The number of urea groups is 1. The minimum absolute atomic E-state index is 0.130. The van der Waals surface area contributed by atoms with Crippen molar-refractivity contribution in [2.75, 3.05) is 5.32 Å². The van der Waals surface area contributed by atoms with Crippen LogP contribution in [-0.4, -0.2) is 21.9 Å². The number of aryl methyl sites for hydroxylation is 1. The molecule has 23 heavy (non-hydrogen) atoms. The summed E-state index contributed by atoms with van der Waals surface area (Å²) >= 11 is 3.51. The Morgan fingerprint density at radius 3 is 2.78 bits per heavy atom. The Morgan fingerprint density at radius 1 is 1.30 bits per heavy atom. The maximum absolute atomic E-state index is 12.1. The van der Waals surface area contributed by atoms with E-state index < -0.39 is 0 Å². The van der Waals surface area contributed by atoms with Crippen LogP contribution in [0.1, 0.15) is 32.1 Å². The van der Waals surface area contributed by atoms with Crippen LogP contribution in [0.15, 0.2) is 34.9 Å². The molecular weight excluding hydrogens is 356 g/mol. The number of halogens is 1. The molecule has 0 aliphatic heterocycles. The lowest BCUT2D eigenvalue weighted by atomic mass is 9.96. The molecular formula is C17H21BrN4O. The van der Waals surface area contributed by atoms with E-state index in [-0.39, 0.29) is 6.03 Å². The minimum Gasteiger partial charge on any atom is -0.335 e. The molecule has 0 atom stereocenters. The van der Waals surface area contributed by atoms with Gasteiger partial charge in [0.1, 0.15) is 5.69 Å². The summed E-state index contributed by atoms with van der Waals surface area (Å²) in [6.45, 7) is 0. The van der Waals surface area contributed by atoms with Crippen molar-refractivity contribution in [3.8, 4) is 11.3 Å². The second-order valence-corrected chi connectivity index (χ2v) is 6.87. The number of benzene rings is 1. The molecule has 3 rings (SSSR count). The van der Waals surface area contributed by atoms with Crippen molar-refractivity contribution in [2.45, 2.75) is 38.1 Å². The van der Waals surface area contributed by atoms with Gasteiger partial charge in [0.05, 0.1) is 4.47 Å². The molecule has 2 N–H and O–H groups in total. The third-order valence-electron chi connectivity index (χ3n) is 4.12. The van der Waals surface area contributed by atoms with E-state index >= 15 is 0 Å². The summed E-state index contributed by atoms with van der Waals surface area (Å²) in [5.74, 6) is 0. The van der Waals surface area contributed by atoms with Gasteiger partial charge in [0, 0.05) is 30.5 Å². The Hall–Kier alpha value is -1.82. The summed E-state index contributed by atoms with van der Waals surface area (Å²) in [4.78, 5) is 12.1. The highest BCUT2D eigenvalue weighted by molar-refractivity contribution is 9.10. The Bertz CT molecular complexity index is 692. The standard InChI is InChI=1S/C17H21BrN4O/c1-22-11-15(18)16(21-22)12-6-5-9-14(10-12)20-17(23)19-13-7-3-2-4-8-13/h5-6,9-11,13H,2-4,7-8H2,1H3,(H2,19,20,23). The van der Waals surface area contributed by atoms with Gasteiger partial charge in [-0.15, -0.1) is 0 Å². The summed E-state index contributed by atoms with van der Waals surface area (Å²) < 4.78 is 2.69. The molecule has 1 aromatic carbocycles. The topological polar surface area (TPSA) is 59.0 Å². The summed E-state index contributed by atoms with van der Waals surface area (Å²) in [7, 11) is 1.88. The van der Waals surface area contributed by atoms with Crippen LogP contribution in [0.4, 0.5) is 10.5 Å². The van der Waals surface area contributed by atoms with Crippen LogP contribution in [0, 0.1) is 0 Å². The molecule has 0 radical (unpaired) electrons. The zero-order valence-electron chi connectivity index (χ0n) is 13.2. The molecule has 0 bridgehead atoms. The van der Waals surface area contributed by atoms with Crippen molar-refractivity contribution < 1.29 is 4.79 Å². The Kier molecular flexibility index (Phi) is 5.00. The average molecular weight is 377 g/mol. The fourth-order valence-electron chi connectivity index (χ4n) is 3.00. The van der Waals surface area contributed by atoms with Crippen molar-refractivity contribution in [3.05, 3.63) is 34.9 Å². The molecule has 2 amide bonds. The number of hydrogen-bond acceptors (Lipinski definition) is 2. The van der Waals surface area contributed by atoms with Crippen molar-refractivity contribution >= 4 is 27.6 Å². The Morgan fingerprint density at radius 2 is 2.09 bits per heavy atom. The lowest BCUT2D eigenvalue weighted by Gasteiger charge is -2.22. The largest absolute Gasteiger partial charge is 0.335 e. The van der Waals surface area contributed by atoms with Gasteiger partial charge in [-0.1, -0.05) is 31.4 Å². The highest BCUT2D eigenvalue weighted by Gasteiger charge is 2.16. The van der Waals surface area contributed by atoms with Crippen molar-refractivity contribution in [3.63, 3.8) is 0 Å². The van der Waals surface area contributed by atoms with Crippen molar-refractivity contribution in [1.82, 2.24) is 15.1 Å². The van der Waals surface area contributed by atoms with Crippen LogP contribution in [0.25, 0.3) is 11.3 Å². The van der Waals surface area contributed by atoms with E-state index in [9.17, 15) is 4.79 Å². The normalized spacial score (nSPS) is 15.4. The van der Waals surface area contributed by atoms with Gasteiger partial charge in [-0.05, 0) is 40.9 Å². The summed E-state index contributed by atoms with van der Waals surface area (Å²) in [6.07, 6.45) is 7.75. The zero-order chi connectivity index (χ0) is 16.2. The van der Waals surface area contributed by atoms with Gasteiger partial charge in [-0.25, -0.2) is 4.79 Å². The van der Waals surface area contributed by atoms with Gasteiger partial charge in [0.2, 0.25) is 0 Å². The van der Waals surface area contributed by atoms with Crippen LogP contribution >= 0.6 is 15.9 Å². The molecule has 1 aliphatic rings. The van der Waals surface area contributed by atoms with Crippen LogP contribution < -0.4 is 10.6 Å². The molecule has 0 spiro atoms. The van der Waals surface area contributed by atoms with E-state index in [2.05, 4.69) is 31.7 Å². The van der Waals surface area contributed by atoms with E-state index in [1.54, 1.807) is 4.68 Å². The summed E-state index contributed by atoms with van der Waals surface area (Å²) in [5.41, 5.74) is 2.60. The van der Waals surface area contributed by atoms with E-state index in [4.69, 9.17) is 0 Å². The highest BCUT2D eigenvalue weighted by atomic mass is 79.9. The van der Waals surface area contributed by atoms with Gasteiger partial charge in [0.25, 0.3) is 0 Å². The fourth-order valence-corrected chi connectivity index (χ4v) is 3.60. The first-order chi connectivity index (χ1) is 11.1. The molecule has 0 saturated heterocycles. The third kappa shape index (κ3) is 4.13. The lowest BCUT2D eigenvalue weighted by Crippen LogP contribution is -2.39. The maximum Gasteiger partial charge on any atom is 0.319 e. The molecule has 6 heteroatoms. The molecule has 5 nitrogen and oxygen atoms in total. The van der Waals surface area contributed by atoms with E-state index in [0.29, 0.717) is 6.04 Å². The molecule has 1 saturated carbocycles. The SMILES string of the molecule is Cn1cc(Br)c(-c2cccc(NC(=O)NC3CCCCC3)c2)n1. The number of nitrogens with one attached hydrogen (secondary N) is 2. The average Bonchev–Trinajstić information content (AvgIpc) is 2.87. The predicted octanol–water partition coefficient (Wildman–Crippen LogP) is 4.30. The minimum atomic E-state index is -0.130. The van der Waals surface area contributed by atoms with E-state index in [1.807, 2.05) is 37.5 Å². The second kappa shape index (κ2) is 7.17. The van der Waals surface area contributed by atoms with Gasteiger partial charge in [-0.3, -0.25) is 4.68 Å². The van der Waals surface area contributed by atoms with Gasteiger partial charge >= 0.3 is 6.03 Å². The number of rotatable bonds is 3. The first-order valence-electron chi connectivity index (χ1n) is 7.99. The number of hydrogen-bond donors (Lipinski definition) is 2. The monoisotopic (exact) mass is 376 g/mol. The van der Waals surface area contributed by atoms with E-state index in [0.717, 1.165) is 34.3 Å². The lowest BCUT2D eigenvalue weighted by molar-refractivity contribution is 0.244. The number of anilines is 1. The molecule has 1 aliphatic carbocycles. The van der Waals surface area contributed by atoms with Gasteiger partial charge < -0.3 is 10.6 Å². The predicted molar refractivity (Wildman–Crippen MR) is 95.4 cm³/mol.